The highest BCUT2D eigenvalue weighted by Gasteiger charge is 2.47. The lowest BCUT2D eigenvalue weighted by atomic mass is 9.83. The quantitative estimate of drug-likeness (QED) is 0.519. The summed E-state index contributed by atoms with van der Waals surface area (Å²) in [6.07, 6.45) is 2.74. The lowest BCUT2D eigenvalue weighted by Gasteiger charge is -2.57. The van der Waals surface area contributed by atoms with Crippen molar-refractivity contribution < 1.29 is 22.8 Å². The second-order valence-electron chi connectivity index (χ2n) is 10.4. The molecule has 1 aromatic heterocycles. The van der Waals surface area contributed by atoms with Gasteiger partial charge in [0.2, 0.25) is 5.91 Å². The van der Waals surface area contributed by atoms with Crippen molar-refractivity contribution in [3.8, 4) is 0 Å². The minimum atomic E-state index is -1.79. The maximum absolute atomic E-state index is 14.0. The number of aromatic nitrogens is 2. The summed E-state index contributed by atoms with van der Waals surface area (Å²) in [5, 5.41) is 12.0. The molecule has 4 rings (SSSR count). The van der Waals surface area contributed by atoms with Gasteiger partial charge in [-0.05, 0) is 13.8 Å². The van der Waals surface area contributed by atoms with Gasteiger partial charge in [-0.25, -0.2) is 18.0 Å². The average Bonchev–Trinajstić information content (AvgIpc) is 3.14. The largest absolute Gasteiger partial charge is 0.323 e. The number of carbonyl (C=O) groups is 2. The Morgan fingerprint density at radius 2 is 1.70 bits per heavy atom. The fraction of sp³-hybridized carbons (Fsp3) is 0.500. The first-order valence-corrected chi connectivity index (χ1v) is 14.4. The first kappa shape index (κ1) is 23.3. The molecule has 1 aliphatic heterocycles. The van der Waals surface area contributed by atoms with E-state index >= 15 is 0 Å². The number of amides is 3. The van der Waals surface area contributed by atoms with E-state index in [-0.39, 0.29) is 17.5 Å². The second-order valence-corrected chi connectivity index (χ2v) is 15.8. The highest BCUT2D eigenvalue weighted by molar-refractivity contribution is 6.83. The molecule has 179 valence electrons. The number of hydrogen-bond donors (Lipinski definition) is 3. The Kier molecular flexibility index (Phi) is 5.38. The van der Waals surface area contributed by atoms with Gasteiger partial charge in [0.15, 0.2) is 17.5 Å². The molecule has 11 heteroatoms. The Balaban J connectivity index is 1.56. The normalized spacial score (nSPS) is 18.5. The zero-order valence-electron chi connectivity index (χ0n) is 19.3. The number of urea groups is 1. The van der Waals surface area contributed by atoms with Crippen molar-refractivity contribution in [1.82, 2.24) is 15.1 Å². The van der Waals surface area contributed by atoms with Crippen molar-refractivity contribution in [1.29, 1.82) is 0 Å². The average molecular weight is 480 g/mol. The van der Waals surface area contributed by atoms with E-state index in [0.717, 1.165) is 19.3 Å². The highest BCUT2D eigenvalue weighted by atomic mass is 28.3. The molecule has 3 amide bonds. The minimum absolute atomic E-state index is 0.0432. The van der Waals surface area contributed by atoms with Crippen molar-refractivity contribution in [2.24, 2.45) is 0 Å². The first-order chi connectivity index (χ1) is 15.3. The summed E-state index contributed by atoms with van der Waals surface area (Å²) in [7, 11) is -1.79. The smallest absolute Gasteiger partial charge is 0.311 e. The van der Waals surface area contributed by atoms with Crippen LogP contribution in [0.4, 0.5) is 29.5 Å². The van der Waals surface area contributed by atoms with Gasteiger partial charge in [-0.15, -0.1) is 8.07 Å². The van der Waals surface area contributed by atoms with Crippen LogP contribution in [0.1, 0.15) is 44.4 Å². The van der Waals surface area contributed by atoms with Crippen LogP contribution in [0.2, 0.25) is 24.7 Å². The molecule has 1 aliphatic carbocycles. The summed E-state index contributed by atoms with van der Waals surface area (Å²) in [6.45, 7) is 10.1. The molecule has 2 aromatic rings. The molecule has 0 spiro atoms. The van der Waals surface area contributed by atoms with Gasteiger partial charge < -0.3 is 15.5 Å². The van der Waals surface area contributed by atoms with Gasteiger partial charge in [-0.2, -0.15) is 24.7 Å². The van der Waals surface area contributed by atoms with E-state index in [1.807, 2.05) is 0 Å². The zero-order chi connectivity index (χ0) is 24.3. The Bertz CT molecular complexity index is 1110. The summed E-state index contributed by atoms with van der Waals surface area (Å²) in [6, 6.07) is 0.245. The number of carbonyl (C=O) groups excluding carboxylic acids is 2. The van der Waals surface area contributed by atoms with E-state index in [2.05, 4.69) is 40.5 Å². The summed E-state index contributed by atoms with van der Waals surface area (Å²) in [5.74, 6) is -3.17. The van der Waals surface area contributed by atoms with Crippen molar-refractivity contribution in [2.45, 2.75) is 69.9 Å². The molecule has 0 saturated heterocycles. The topological polar surface area (TPSA) is 90.1 Å². The van der Waals surface area contributed by atoms with E-state index in [1.54, 1.807) is 13.8 Å². The highest BCUT2D eigenvalue weighted by Crippen LogP contribution is 2.56. The molecular weight excluding hydrogens is 451 g/mol. The SMILES string of the molecule is CC1(C)c2[nH]nc(NC(=O)C3([Si-](C)(C)C)CCC3)c2CN1C(=O)Nc1c(F)cc(F)cc1F. The van der Waals surface area contributed by atoms with E-state index in [9.17, 15) is 22.8 Å². The molecule has 1 saturated carbocycles. The van der Waals surface area contributed by atoms with Gasteiger partial charge in [0.05, 0.1) is 17.8 Å². The predicted octanol–water partition coefficient (Wildman–Crippen LogP) is 5.31. The third-order valence-electron chi connectivity index (χ3n) is 7.26. The van der Waals surface area contributed by atoms with Crippen LogP contribution >= 0.6 is 0 Å². The standard InChI is InChI=1S/C22H28F3N5O2Si/c1-21(2)17-13(11-30(21)20(32)26-16-14(24)9-12(23)10-15(16)25)18(29-28-17)27-19(31)22(7-6-8-22)33(3,4)5/h9-10H,6-8,11H2,1-5H3,(H,26,32)(H2,27,28,29,31)/q-1. The van der Waals surface area contributed by atoms with Crippen LogP contribution in [0.25, 0.3) is 0 Å². The number of fused-ring (bicyclic) bond motifs is 1. The van der Waals surface area contributed by atoms with Crippen molar-refractivity contribution in [2.75, 3.05) is 10.6 Å². The maximum Gasteiger partial charge on any atom is 0.323 e. The molecule has 2 heterocycles. The minimum Gasteiger partial charge on any atom is -0.311 e. The third kappa shape index (κ3) is 3.62. The van der Waals surface area contributed by atoms with Crippen LogP contribution in [0.15, 0.2) is 12.1 Å². The van der Waals surface area contributed by atoms with Crippen LogP contribution in [-0.4, -0.2) is 35.1 Å². The Hall–Kier alpha value is -2.82. The maximum atomic E-state index is 14.0. The van der Waals surface area contributed by atoms with E-state index in [4.69, 9.17) is 0 Å². The van der Waals surface area contributed by atoms with Crippen molar-refractivity contribution >= 4 is 31.5 Å². The van der Waals surface area contributed by atoms with Crippen LogP contribution in [0.3, 0.4) is 0 Å². The zero-order valence-corrected chi connectivity index (χ0v) is 20.3. The summed E-state index contributed by atoms with van der Waals surface area (Å²) < 4.78 is 41.3. The van der Waals surface area contributed by atoms with Crippen molar-refractivity contribution in [3.05, 3.63) is 40.8 Å². The number of halogens is 3. The van der Waals surface area contributed by atoms with Gasteiger partial charge in [0.25, 0.3) is 0 Å². The number of rotatable bonds is 4. The Labute approximate surface area is 191 Å². The number of hydrogen-bond acceptors (Lipinski definition) is 3. The molecule has 0 unspecified atom stereocenters. The van der Waals surface area contributed by atoms with E-state index in [1.165, 1.54) is 4.90 Å². The number of anilines is 2. The van der Waals surface area contributed by atoms with Crippen LogP contribution in [0, 0.1) is 17.5 Å². The Morgan fingerprint density at radius 1 is 1.09 bits per heavy atom. The number of nitrogens with one attached hydrogen (secondary N) is 3. The van der Waals surface area contributed by atoms with Gasteiger partial charge in [-0.3, -0.25) is 9.89 Å². The molecule has 3 N–H and O–H groups in total. The lowest BCUT2D eigenvalue weighted by molar-refractivity contribution is -0.121. The van der Waals surface area contributed by atoms with Gasteiger partial charge in [-0.1, -0.05) is 24.3 Å². The second kappa shape index (κ2) is 7.61. The fourth-order valence-corrected chi connectivity index (χ4v) is 7.45. The van der Waals surface area contributed by atoms with Crippen LogP contribution in [0.5, 0.6) is 0 Å². The molecule has 7 nitrogen and oxygen atoms in total. The van der Waals surface area contributed by atoms with E-state index in [0.29, 0.717) is 29.2 Å². The van der Waals surface area contributed by atoms with Gasteiger partial charge in [0, 0.05) is 17.7 Å². The summed E-state index contributed by atoms with van der Waals surface area (Å²) in [4.78, 5) is 27.6. The lowest BCUT2D eigenvalue weighted by Crippen LogP contribution is -2.52. The van der Waals surface area contributed by atoms with E-state index < -0.39 is 42.8 Å². The first-order valence-electron chi connectivity index (χ1n) is 10.9. The number of nitrogens with zero attached hydrogens (tertiary/aromatic N) is 2. The van der Waals surface area contributed by atoms with Crippen LogP contribution < -0.4 is 10.6 Å². The summed E-state index contributed by atoms with van der Waals surface area (Å²) in [5.41, 5.74) is -0.339. The predicted molar refractivity (Wildman–Crippen MR) is 121 cm³/mol. The molecular formula is C22H28F3N5O2Si-. The molecule has 1 fully saturated rings. The summed E-state index contributed by atoms with van der Waals surface area (Å²) >= 11 is 0. The number of benzene rings is 1. The molecule has 0 bridgehead atoms. The van der Waals surface area contributed by atoms with Crippen molar-refractivity contribution in [3.63, 3.8) is 0 Å². The van der Waals surface area contributed by atoms with Gasteiger partial charge >= 0.3 is 6.03 Å². The molecule has 1 aromatic carbocycles. The molecule has 2 aliphatic rings. The van der Waals surface area contributed by atoms with Crippen LogP contribution in [-0.2, 0) is 16.9 Å². The number of aromatic amines is 1. The van der Waals surface area contributed by atoms with Gasteiger partial charge in [0.1, 0.15) is 11.5 Å². The fourth-order valence-electron chi connectivity index (χ4n) is 4.86. The Morgan fingerprint density at radius 3 is 2.21 bits per heavy atom. The third-order valence-corrected chi connectivity index (χ3v) is 10.9. The monoisotopic (exact) mass is 479 g/mol. The molecule has 0 atom stereocenters. The number of H-pyrrole nitrogens is 1. The molecule has 0 radical (unpaired) electrons. The molecule has 33 heavy (non-hydrogen) atoms.